The Bertz CT molecular complexity index is 1130. The molecule has 164 valence electrons. The third kappa shape index (κ3) is 4.46. The molecule has 0 bridgehead atoms. The summed E-state index contributed by atoms with van der Waals surface area (Å²) in [5.41, 5.74) is 8.37. The zero-order valence-electron chi connectivity index (χ0n) is 18.2. The van der Waals surface area contributed by atoms with Gasteiger partial charge in [-0.3, -0.25) is 14.6 Å². The molecule has 7 nitrogen and oxygen atoms in total. The number of carbonyl (C=O) groups is 2. The van der Waals surface area contributed by atoms with E-state index in [0.29, 0.717) is 36.0 Å². The Morgan fingerprint density at radius 1 is 1.16 bits per heavy atom. The molecule has 2 aromatic carbocycles. The number of primary amides is 1. The number of likely N-dealkylation sites (tertiary alicyclic amines) is 1. The van der Waals surface area contributed by atoms with Crippen LogP contribution in [0.3, 0.4) is 0 Å². The SMILES string of the molecule is CC(C)c1ccccc1Oc1ccc(C2CCN(C(=O)c3cnccn3)C2)c(C(N)=O)c1. The summed E-state index contributed by atoms with van der Waals surface area (Å²) < 4.78 is 6.11. The molecule has 1 aliphatic heterocycles. The lowest BCUT2D eigenvalue weighted by atomic mass is 9.93. The van der Waals surface area contributed by atoms with E-state index >= 15 is 0 Å². The standard InChI is InChI=1S/C25H26N4O3/c1-16(2)19-5-3-4-6-23(19)32-18-7-8-20(21(13-18)24(26)30)17-9-12-29(15-17)25(31)22-14-27-10-11-28-22/h3-8,10-11,13-14,16-17H,9,12,15H2,1-2H3,(H2,26,30). The van der Waals surface area contributed by atoms with Gasteiger partial charge in [0.05, 0.1) is 6.20 Å². The third-order valence-corrected chi connectivity index (χ3v) is 5.76. The van der Waals surface area contributed by atoms with Crippen molar-refractivity contribution < 1.29 is 14.3 Å². The summed E-state index contributed by atoms with van der Waals surface area (Å²) in [6.07, 6.45) is 5.24. The number of para-hydroxylation sites is 1. The van der Waals surface area contributed by atoms with Crippen molar-refractivity contribution in [1.82, 2.24) is 14.9 Å². The second kappa shape index (κ2) is 9.18. The Morgan fingerprint density at radius 3 is 2.69 bits per heavy atom. The molecule has 32 heavy (non-hydrogen) atoms. The van der Waals surface area contributed by atoms with Crippen LogP contribution in [0.15, 0.2) is 61.1 Å². The van der Waals surface area contributed by atoms with E-state index in [2.05, 4.69) is 23.8 Å². The Kier molecular flexibility index (Phi) is 6.16. The maximum Gasteiger partial charge on any atom is 0.274 e. The van der Waals surface area contributed by atoms with Crippen LogP contribution in [0.5, 0.6) is 11.5 Å². The molecule has 1 atom stereocenters. The highest BCUT2D eigenvalue weighted by Crippen LogP contribution is 2.35. The van der Waals surface area contributed by atoms with Gasteiger partial charge in [-0.25, -0.2) is 4.98 Å². The fourth-order valence-electron chi connectivity index (χ4n) is 4.12. The maximum absolute atomic E-state index is 12.7. The Morgan fingerprint density at radius 2 is 1.97 bits per heavy atom. The third-order valence-electron chi connectivity index (χ3n) is 5.76. The zero-order valence-corrected chi connectivity index (χ0v) is 18.2. The second-order valence-electron chi connectivity index (χ2n) is 8.24. The number of benzene rings is 2. The van der Waals surface area contributed by atoms with Crippen LogP contribution in [0.1, 0.15) is 64.1 Å². The largest absolute Gasteiger partial charge is 0.457 e. The highest BCUT2D eigenvalue weighted by Gasteiger charge is 2.31. The van der Waals surface area contributed by atoms with Gasteiger partial charge in [0.25, 0.3) is 5.91 Å². The van der Waals surface area contributed by atoms with Gasteiger partial charge in [-0.2, -0.15) is 0 Å². The van der Waals surface area contributed by atoms with Crippen LogP contribution in [0, 0.1) is 0 Å². The van der Waals surface area contributed by atoms with Gasteiger partial charge in [0.2, 0.25) is 5.91 Å². The van der Waals surface area contributed by atoms with Crippen molar-refractivity contribution in [2.24, 2.45) is 5.73 Å². The molecule has 7 heteroatoms. The quantitative estimate of drug-likeness (QED) is 0.634. The highest BCUT2D eigenvalue weighted by atomic mass is 16.5. The van der Waals surface area contributed by atoms with Crippen molar-refractivity contribution in [1.29, 1.82) is 0 Å². The second-order valence-corrected chi connectivity index (χ2v) is 8.24. The lowest BCUT2D eigenvalue weighted by Crippen LogP contribution is -2.29. The van der Waals surface area contributed by atoms with E-state index in [1.807, 2.05) is 36.4 Å². The Labute approximate surface area is 187 Å². The van der Waals surface area contributed by atoms with Gasteiger partial charge in [0.15, 0.2) is 0 Å². The molecular weight excluding hydrogens is 404 g/mol. The van der Waals surface area contributed by atoms with Crippen LogP contribution in [-0.2, 0) is 0 Å². The number of amides is 2. The molecule has 2 N–H and O–H groups in total. The summed E-state index contributed by atoms with van der Waals surface area (Å²) in [4.78, 5) is 34.8. The summed E-state index contributed by atoms with van der Waals surface area (Å²) in [6.45, 7) is 5.28. The molecule has 0 radical (unpaired) electrons. The number of rotatable bonds is 6. The summed E-state index contributed by atoms with van der Waals surface area (Å²) in [6, 6.07) is 13.3. The first-order valence-corrected chi connectivity index (χ1v) is 10.7. The summed E-state index contributed by atoms with van der Waals surface area (Å²) in [7, 11) is 0. The molecule has 1 unspecified atom stereocenters. The van der Waals surface area contributed by atoms with Crippen molar-refractivity contribution in [2.75, 3.05) is 13.1 Å². The van der Waals surface area contributed by atoms with Crippen LogP contribution in [0.2, 0.25) is 0 Å². The van der Waals surface area contributed by atoms with Crippen molar-refractivity contribution in [2.45, 2.75) is 32.1 Å². The number of hydrogen-bond donors (Lipinski definition) is 1. The van der Waals surface area contributed by atoms with E-state index in [1.54, 1.807) is 11.0 Å². The predicted octanol–water partition coefficient (Wildman–Crippen LogP) is 4.12. The van der Waals surface area contributed by atoms with Crippen molar-refractivity contribution in [3.8, 4) is 11.5 Å². The molecule has 0 spiro atoms. The number of ether oxygens (including phenoxy) is 1. The lowest BCUT2D eigenvalue weighted by Gasteiger charge is -2.18. The van der Waals surface area contributed by atoms with Crippen LogP contribution in [0.25, 0.3) is 0 Å². The molecule has 0 aliphatic carbocycles. The number of nitrogens with zero attached hydrogens (tertiary/aromatic N) is 3. The molecule has 1 aliphatic rings. The first kappa shape index (κ1) is 21.5. The van der Waals surface area contributed by atoms with Crippen molar-refractivity contribution in [3.05, 3.63) is 83.4 Å². The van der Waals surface area contributed by atoms with Crippen molar-refractivity contribution >= 4 is 11.8 Å². The smallest absolute Gasteiger partial charge is 0.274 e. The fraction of sp³-hybridized carbons (Fsp3) is 0.280. The van der Waals surface area contributed by atoms with Crippen LogP contribution in [-0.4, -0.2) is 39.8 Å². The fourth-order valence-corrected chi connectivity index (χ4v) is 4.12. The van der Waals surface area contributed by atoms with Gasteiger partial charge in [-0.15, -0.1) is 0 Å². The number of nitrogens with two attached hydrogens (primary N) is 1. The van der Waals surface area contributed by atoms with Gasteiger partial charge in [-0.1, -0.05) is 38.1 Å². The van der Waals surface area contributed by atoms with Crippen LogP contribution in [0.4, 0.5) is 0 Å². The van der Waals surface area contributed by atoms with E-state index < -0.39 is 5.91 Å². The van der Waals surface area contributed by atoms with Crippen LogP contribution >= 0.6 is 0 Å². The zero-order chi connectivity index (χ0) is 22.7. The minimum atomic E-state index is -0.513. The minimum absolute atomic E-state index is 0.00937. The Hall–Kier alpha value is -3.74. The average Bonchev–Trinajstić information content (AvgIpc) is 3.29. The van der Waals surface area contributed by atoms with Gasteiger partial charge >= 0.3 is 0 Å². The summed E-state index contributed by atoms with van der Waals surface area (Å²) >= 11 is 0. The first-order chi connectivity index (χ1) is 15.4. The molecule has 2 heterocycles. The number of aromatic nitrogens is 2. The van der Waals surface area contributed by atoms with E-state index in [1.165, 1.54) is 18.6 Å². The molecule has 1 aromatic heterocycles. The van der Waals surface area contributed by atoms with E-state index in [-0.39, 0.29) is 11.8 Å². The molecule has 4 rings (SSSR count). The molecule has 1 fully saturated rings. The monoisotopic (exact) mass is 430 g/mol. The predicted molar refractivity (Wildman–Crippen MR) is 121 cm³/mol. The summed E-state index contributed by atoms with van der Waals surface area (Å²) in [5.74, 6) is 0.953. The molecule has 1 saturated heterocycles. The molecule has 2 amide bonds. The minimum Gasteiger partial charge on any atom is -0.457 e. The number of hydrogen-bond acceptors (Lipinski definition) is 5. The number of carbonyl (C=O) groups excluding carboxylic acids is 2. The van der Waals surface area contributed by atoms with Gasteiger partial charge < -0.3 is 15.4 Å². The van der Waals surface area contributed by atoms with E-state index in [0.717, 1.165) is 23.3 Å². The average molecular weight is 431 g/mol. The van der Waals surface area contributed by atoms with E-state index in [4.69, 9.17) is 10.5 Å². The molecule has 0 saturated carbocycles. The normalized spacial score (nSPS) is 15.7. The van der Waals surface area contributed by atoms with Crippen LogP contribution < -0.4 is 10.5 Å². The van der Waals surface area contributed by atoms with Crippen molar-refractivity contribution in [3.63, 3.8) is 0 Å². The first-order valence-electron chi connectivity index (χ1n) is 10.7. The molecular formula is C25H26N4O3. The van der Waals surface area contributed by atoms with E-state index in [9.17, 15) is 9.59 Å². The highest BCUT2D eigenvalue weighted by molar-refractivity contribution is 5.95. The topological polar surface area (TPSA) is 98.4 Å². The summed E-state index contributed by atoms with van der Waals surface area (Å²) in [5, 5.41) is 0. The lowest BCUT2D eigenvalue weighted by molar-refractivity contribution is 0.0784. The Balaban J connectivity index is 1.56. The molecule has 3 aromatic rings. The van der Waals surface area contributed by atoms with Gasteiger partial charge in [0, 0.05) is 37.0 Å². The van der Waals surface area contributed by atoms with Gasteiger partial charge in [-0.05, 0) is 41.7 Å². The maximum atomic E-state index is 12.7. The van der Waals surface area contributed by atoms with Gasteiger partial charge in [0.1, 0.15) is 17.2 Å².